The van der Waals surface area contributed by atoms with E-state index >= 15 is 0 Å². The third-order valence-corrected chi connectivity index (χ3v) is 4.11. The summed E-state index contributed by atoms with van der Waals surface area (Å²) in [7, 11) is 0. The van der Waals surface area contributed by atoms with Gasteiger partial charge in [-0.3, -0.25) is 4.40 Å². The average Bonchev–Trinajstić information content (AvgIpc) is 2.90. The van der Waals surface area contributed by atoms with E-state index in [1.54, 1.807) is 11.3 Å². The molecular formula is C14H20ClN3S. The zero-order valence-corrected chi connectivity index (χ0v) is 13.2. The van der Waals surface area contributed by atoms with E-state index in [9.17, 15) is 0 Å². The number of aromatic nitrogens is 2. The number of nitrogens with zero attached hydrogens (tertiary/aromatic N) is 2. The monoisotopic (exact) mass is 297 g/mol. The predicted octanol–water partition coefficient (Wildman–Crippen LogP) is 4.09. The number of hydrogen-bond acceptors (Lipinski definition) is 3. The molecule has 0 aliphatic carbocycles. The van der Waals surface area contributed by atoms with Gasteiger partial charge in [0.25, 0.3) is 0 Å². The van der Waals surface area contributed by atoms with Gasteiger partial charge in [-0.2, -0.15) is 0 Å². The maximum atomic E-state index is 6.23. The van der Waals surface area contributed by atoms with Gasteiger partial charge >= 0.3 is 0 Å². The first-order chi connectivity index (χ1) is 9.13. The smallest absolute Gasteiger partial charge is 0.195 e. The molecule has 0 saturated carbocycles. The molecule has 0 fully saturated rings. The highest BCUT2D eigenvalue weighted by Gasteiger charge is 2.11. The number of imidazole rings is 1. The van der Waals surface area contributed by atoms with E-state index < -0.39 is 0 Å². The zero-order chi connectivity index (χ0) is 13.8. The van der Waals surface area contributed by atoms with Crippen LogP contribution in [0.4, 0.5) is 0 Å². The minimum atomic E-state index is 0.490. The van der Waals surface area contributed by atoms with Gasteiger partial charge in [-0.15, -0.1) is 11.3 Å². The molecule has 0 radical (unpaired) electrons. The minimum Gasteiger partial charge on any atom is -0.313 e. The topological polar surface area (TPSA) is 29.3 Å². The summed E-state index contributed by atoms with van der Waals surface area (Å²) in [4.78, 5) is 5.31. The van der Waals surface area contributed by atoms with Crippen molar-refractivity contribution in [2.24, 2.45) is 5.92 Å². The Kier molecular flexibility index (Phi) is 5.02. The molecular weight excluding hydrogens is 278 g/mol. The van der Waals surface area contributed by atoms with E-state index in [0.29, 0.717) is 11.1 Å². The van der Waals surface area contributed by atoms with Crippen molar-refractivity contribution >= 4 is 34.0 Å². The van der Waals surface area contributed by atoms with E-state index in [0.717, 1.165) is 30.2 Å². The summed E-state index contributed by atoms with van der Waals surface area (Å²) in [5.41, 5.74) is 2.34. The number of rotatable bonds is 6. The van der Waals surface area contributed by atoms with Crippen LogP contribution in [0.3, 0.4) is 0 Å². The Morgan fingerprint density at radius 1 is 1.58 bits per heavy atom. The number of halogens is 1. The zero-order valence-electron chi connectivity index (χ0n) is 11.6. The average molecular weight is 298 g/mol. The van der Waals surface area contributed by atoms with Gasteiger partial charge in [0.1, 0.15) is 0 Å². The highest BCUT2D eigenvalue weighted by atomic mass is 35.5. The van der Waals surface area contributed by atoms with Crippen molar-refractivity contribution in [1.29, 1.82) is 0 Å². The Labute approximate surface area is 123 Å². The first-order valence-electron chi connectivity index (χ1n) is 6.65. The van der Waals surface area contributed by atoms with Crippen molar-refractivity contribution < 1.29 is 0 Å². The van der Waals surface area contributed by atoms with Gasteiger partial charge in [0.05, 0.1) is 5.69 Å². The van der Waals surface area contributed by atoms with Crippen LogP contribution in [0.25, 0.3) is 11.0 Å². The normalized spacial score (nSPS) is 12.8. The SMILES string of the molecule is CCCNCC(=Cc1c(Cl)nc2sccn12)C(C)C. The van der Waals surface area contributed by atoms with Gasteiger partial charge in [-0.1, -0.05) is 37.9 Å². The Hall–Kier alpha value is -0.840. The Bertz CT molecular complexity index is 568. The number of thiazole rings is 1. The van der Waals surface area contributed by atoms with E-state index in [-0.39, 0.29) is 0 Å². The number of nitrogens with one attached hydrogen (secondary N) is 1. The van der Waals surface area contributed by atoms with Gasteiger partial charge < -0.3 is 5.32 Å². The van der Waals surface area contributed by atoms with Crippen LogP contribution in [0.5, 0.6) is 0 Å². The molecule has 1 N–H and O–H groups in total. The second kappa shape index (κ2) is 6.55. The molecule has 104 valence electrons. The second-order valence-electron chi connectivity index (χ2n) is 4.89. The molecule has 0 bridgehead atoms. The van der Waals surface area contributed by atoms with Gasteiger partial charge in [-0.05, 0) is 25.0 Å². The summed E-state index contributed by atoms with van der Waals surface area (Å²) in [6.45, 7) is 8.53. The van der Waals surface area contributed by atoms with Crippen LogP contribution in [-0.4, -0.2) is 22.5 Å². The molecule has 3 nitrogen and oxygen atoms in total. The lowest BCUT2D eigenvalue weighted by Crippen LogP contribution is -2.20. The maximum absolute atomic E-state index is 6.23. The van der Waals surface area contributed by atoms with Crippen molar-refractivity contribution in [2.75, 3.05) is 13.1 Å². The highest BCUT2D eigenvalue weighted by molar-refractivity contribution is 7.15. The molecule has 0 atom stereocenters. The van der Waals surface area contributed by atoms with Gasteiger partial charge in [-0.25, -0.2) is 4.98 Å². The second-order valence-corrected chi connectivity index (χ2v) is 6.13. The van der Waals surface area contributed by atoms with E-state index in [1.165, 1.54) is 5.57 Å². The lowest BCUT2D eigenvalue weighted by Gasteiger charge is -2.12. The molecule has 0 aliphatic heterocycles. The van der Waals surface area contributed by atoms with Crippen LogP contribution < -0.4 is 5.32 Å². The molecule has 0 spiro atoms. The molecule has 0 unspecified atom stereocenters. The number of fused-ring (bicyclic) bond motifs is 1. The molecule has 2 rings (SSSR count). The summed E-state index contributed by atoms with van der Waals surface area (Å²) in [5.74, 6) is 0.490. The molecule has 2 aromatic heterocycles. The molecule has 19 heavy (non-hydrogen) atoms. The maximum Gasteiger partial charge on any atom is 0.195 e. The van der Waals surface area contributed by atoms with Gasteiger partial charge in [0.15, 0.2) is 10.1 Å². The van der Waals surface area contributed by atoms with Crippen LogP contribution >= 0.6 is 22.9 Å². The molecule has 2 heterocycles. The van der Waals surface area contributed by atoms with Crippen molar-refractivity contribution in [2.45, 2.75) is 27.2 Å². The fourth-order valence-electron chi connectivity index (χ4n) is 1.91. The van der Waals surface area contributed by atoms with Crippen LogP contribution in [0.2, 0.25) is 5.15 Å². The predicted molar refractivity (Wildman–Crippen MR) is 84.1 cm³/mol. The summed E-state index contributed by atoms with van der Waals surface area (Å²) >= 11 is 7.83. The standard InChI is InChI=1S/C14H20ClN3S/c1-4-5-16-9-11(10(2)3)8-12-13(15)17-14-18(12)6-7-19-14/h6-8,10,16H,4-5,9H2,1-3H3. The first kappa shape index (κ1) is 14.6. The van der Waals surface area contributed by atoms with Crippen LogP contribution in [-0.2, 0) is 0 Å². The third kappa shape index (κ3) is 3.38. The third-order valence-electron chi connectivity index (χ3n) is 3.07. The summed E-state index contributed by atoms with van der Waals surface area (Å²) in [6, 6.07) is 0. The van der Waals surface area contributed by atoms with Gasteiger partial charge in [0.2, 0.25) is 0 Å². The van der Waals surface area contributed by atoms with E-state index in [2.05, 4.69) is 41.5 Å². The van der Waals surface area contributed by atoms with Crippen molar-refractivity contribution in [3.8, 4) is 0 Å². The highest BCUT2D eigenvalue weighted by Crippen LogP contribution is 2.24. The van der Waals surface area contributed by atoms with Crippen LogP contribution in [0.15, 0.2) is 17.2 Å². The summed E-state index contributed by atoms with van der Waals surface area (Å²) < 4.78 is 2.05. The quantitative estimate of drug-likeness (QED) is 0.814. The summed E-state index contributed by atoms with van der Waals surface area (Å²) in [5, 5.41) is 6.06. The van der Waals surface area contributed by atoms with Crippen molar-refractivity contribution in [3.63, 3.8) is 0 Å². The summed E-state index contributed by atoms with van der Waals surface area (Å²) in [6.07, 6.45) is 5.33. The van der Waals surface area contributed by atoms with Crippen molar-refractivity contribution in [3.05, 3.63) is 28.0 Å². The Morgan fingerprint density at radius 3 is 3.05 bits per heavy atom. The largest absolute Gasteiger partial charge is 0.313 e. The Morgan fingerprint density at radius 2 is 2.37 bits per heavy atom. The molecule has 5 heteroatoms. The number of hydrogen-bond donors (Lipinski definition) is 1. The Balaban J connectivity index is 2.29. The molecule has 0 aliphatic rings. The molecule has 2 aromatic rings. The fraction of sp³-hybridized carbons (Fsp3) is 0.500. The van der Waals surface area contributed by atoms with Crippen LogP contribution in [0, 0.1) is 5.92 Å². The molecule has 0 amide bonds. The fourth-order valence-corrected chi connectivity index (χ4v) is 2.91. The van der Waals surface area contributed by atoms with E-state index in [1.807, 2.05) is 11.6 Å². The first-order valence-corrected chi connectivity index (χ1v) is 7.91. The van der Waals surface area contributed by atoms with Gasteiger partial charge in [0, 0.05) is 18.1 Å². The van der Waals surface area contributed by atoms with E-state index in [4.69, 9.17) is 11.6 Å². The van der Waals surface area contributed by atoms with Crippen molar-refractivity contribution in [1.82, 2.24) is 14.7 Å². The molecule has 0 aromatic carbocycles. The minimum absolute atomic E-state index is 0.490. The lowest BCUT2D eigenvalue weighted by molar-refractivity contribution is 0.656. The van der Waals surface area contributed by atoms with Crippen LogP contribution in [0.1, 0.15) is 32.9 Å². The molecule has 0 saturated heterocycles. The lowest BCUT2D eigenvalue weighted by atomic mass is 10.0.